The zero-order valence-corrected chi connectivity index (χ0v) is 15.5. The molecule has 6 heteroatoms. The molecule has 0 bridgehead atoms. The Morgan fingerprint density at radius 1 is 1.11 bits per heavy atom. The fraction of sp³-hybridized carbons (Fsp3) is 0.227. The van der Waals surface area contributed by atoms with Gasteiger partial charge in [0.2, 0.25) is 0 Å². The first kappa shape index (κ1) is 19.4. The maximum Gasteiger partial charge on any atom is 0.337 e. The molecule has 0 spiro atoms. The van der Waals surface area contributed by atoms with Crippen molar-refractivity contribution in [1.29, 1.82) is 0 Å². The van der Waals surface area contributed by atoms with E-state index in [9.17, 15) is 14.4 Å². The fourth-order valence-electron chi connectivity index (χ4n) is 3.12. The van der Waals surface area contributed by atoms with Gasteiger partial charge in [-0.3, -0.25) is 4.79 Å². The molecule has 1 unspecified atom stereocenters. The smallest absolute Gasteiger partial charge is 0.337 e. The lowest BCUT2D eigenvalue weighted by atomic mass is 9.88. The molecule has 0 radical (unpaired) electrons. The van der Waals surface area contributed by atoms with E-state index >= 15 is 0 Å². The maximum absolute atomic E-state index is 12.8. The molecule has 2 aromatic rings. The number of cyclic esters (lactones) is 1. The lowest BCUT2D eigenvalue weighted by Gasteiger charge is -2.26. The number of carbonyl (C=O) groups is 3. The number of hydrogen-bond donors (Lipinski definition) is 1. The first-order chi connectivity index (χ1) is 13.5. The molecule has 144 valence electrons. The van der Waals surface area contributed by atoms with Gasteiger partial charge in [-0.05, 0) is 24.6 Å². The fourth-order valence-corrected chi connectivity index (χ4v) is 3.12. The van der Waals surface area contributed by atoms with E-state index in [1.165, 1.54) is 0 Å². The minimum absolute atomic E-state index is 0.0676. The van der Waals surface area contributed by atoms with E-state index in [-0.39, 0.29) is 31.1 Å². The maximum atomic E-state index is 12.8. The van der Waals surface area contributed by atoms with Crippen molar-refractivity contribution in [2.45, 2.75) is 25.3 Å². The van der Waals surface area contributed by atoms with E-state index in [1.807, 2.05) is 30.3 Å². The average molecular weight is 379 g/mol. The molecule has 1 fully saturated rings. The zero-order valence-electron chi connectivity index (χ0n) is 15.5. The second-order valence-electron chi connectivity index (χ2n) is 6.49. The highest BCUT2D eigenvalue weighted by Crippen LogP contribution is 2.32. The minimum atomic E-state index is -1.30. The van der Waals surface area contributed by atoms with Gasteiger partial charge in [-0.1, -0.05) is 48.5 Å². The summed E-state index contributed by atoms with van der Waals surface area (Å²) in [7, 11) is 0. The summed E-state index contributed by atoms with van der Waals surface area (Å²) in [6, 6.07) is 18.0. The lowest BCUT2D eigenvalue weighted by Crippen LogP contribution is -2.53. The van der Waals surface area contributed by atoms with Crippen molar-refractivity contribution in [2.24, 2.45) is 0 Å². The normalized spacial score (nSPS) is 19.9. The van der Waals surface area contributed by atoms with E-state index in [2.05, 4.69) is 5.32 Å². The number of rotatable bonds is 6. The molecule has 1 N–H and O–H groups in total. The van der Waals surface area contributed by atoms with Gasteiger partial charge in [-0.25, -0.2) is 9.59 Å². The second kappa shape index (κ2) is 8.52. The standard InChI is InChI=1S/C22H21NO5/c1-2-27-19(24)13-18-15-22(21(26)28-18,14-16-9-5-3-6-10-16)23-20(25)17-11-7-4-8-12-17/h3-13H,2,14-15H2,1H3,(H,23,25)/b18-13+. The Morgan fingerprint density at radius 3 is 2.39 bits per heavy atom. The Bertz CT molecular complexity index is 892. The van der Waals surface area contributed by atoms with Crippen LogP contribution in [-0.4, -0.2) is 30.0 Å². The summed E-state index contributed by atoms with van der Waals surface area (Å²) < 4.78 is 10.2. The number of esters is 2. The summed E-state index contributed by atoms with van der Waals surface area (Å²) in [6.45, 7) is 1.91. The molecular formula is C22H21NO5. The van der Waals surface area contributed by atoms with Crippen molar-refractivity contribution in [1.82, 2.24) is 5.32 Å². The van der Waals surface area contributed by atoms with Crippen LogP contribution in [0.25, 0.3) is 0 Å². The van der Waals surface area contributed by atoms with Gasteiger partial charge in [-0.2, -0.15) is 0 Å². The largest absolute Gasteiger partial charge is 0.463 e. The molecule has 0 aliphatic carbocycles. The molecular weight excluding hydrogens is 358 g/mol. The highest BCUT2D eigenvalue weighted by atomic mass is 16.6. The van der Waals surface area contributed by atoms with Gasteiger partial charge in [-0.15, -0.1) is 0 Å². The second-order valence-corrected chi connectivity index (χ2v) is 6.49. The van der Waals surface area contributed by atoms with Crippen LogP contribution in [0.2, 0.25) is 0 Å². The van der Waals surface area contributed by atoms with Crippen molar-refractivity contribution >= 4 is 17.8 Å². The first-order valence-corrected chi connectivity index (χ1v) is 9.03. The Balaban J connectivity index is 1.90. The summed E-state index contributed by atoms with van der Waals surface area (Å²) in [5, 5.41) is 2.84. The van der Waals surface area contributed by atoms with Gasteiger partial charge in [0.1, 0.15) is 11.3 Å². The predicted octanol–water partition coefficient (Wildman–Crippen LogP) is 2.79. The van der Waals surface area contributed by atoms with Crippen LogP contribution in [-0.2, 0) is 25.5 Å². The molecule has 1 atom stereocenters. The third-order valence-electron chi connectivity index (χ3n) is 4.39. The van der Waals surface area contributed by atoms with Crippen LogP contribution >= 0.6 is 0 Å². The van der Waals surface area contributed by atoms with Crippen molar-refractivity contribution in [3.05, 3.63) is 83.6 Å². The van der Waals surface area contributed by atoms with Crippen LogP contribution in [0.5, 0.6) is 0 Å². The molecule has 0 aromatic heterocycles. The zero-order chi connectivity index (χ0) is 20.0. The molecule has 2 aromatic carbocycles. The highest BCUT2D eigenvalue weighted by molar-refractivity contribution is 5.99. The van der Waals surface area contributed by atoms with Gasteiger partial charge in [0, 0.05) is 18.4 Å². The van der Waals surface area contributed by atoms with Gasteiger partial charge in [0.15, 0.2) is 0 Å². The summed E-state index contributed by atoms with van der Waals surface area (Å²) >= 11 is 0. The minimum Gasteiger partial charge on any atom is -0.463 e. The van der Waals surface area contributed by atoms with E-state index in [0.717, 1.165) is 11.6 Å². The molecule has 1 aliphatic heterocycles. The number of carbonyl (C=O) groups excluding carboxylic acids is 3. The van der Waals surface area contributed by atoms with E-state index in [1.54, 1.807) is 37.3 Å². The molecule has 3 rings (SSSR count). The molecule has 1 heterocycles. The van der Waals surface area contributed by atoms with Crippen molar-refractivity contribution < 1.29 is 23.9 Å². The summed E-state index contributed by atoms with van der Waals surface area (Å²) in [5.41, 5.74) is 0.00262. The van der Waals surface area contributed by atoms with Gasteiger partial charge in [0.25, 0.3) is 5.91 Å². The number of hydrogen-bond acceptors (Lipinski definition) is 5. The molecule has 1 amide bonds. The lowest BCUT2D eigenvalue weighted by molar-refractivity contribution is -0.141. The molecule has 1 saturated heterocycles. The molecule has 28 heavy (non-hydrogen) atoms. The van der Waals surface area contributed by atoms with Gasteiger partial charge >= 0.3 is 11.9 Å². The SMILES string of the molecule is CCOC(=O)/C=C1\CC(Cc2ccccc2)(NC(=O)c2ccccc2)C(=O)O1. The number of amides is 1. The monoisotopic (exact) mass is 379 g/mol. The molecule has 0 saturated carbocycles. The summed E-state index contributed by atoms with van der Waals surface area (Å²) in [6.07, 6.45) is 1.46. The van der Waals surface area contributed by atoms with Crippen LogP contribution in [0.1, 0.15) is 29.3 Å². The van der Waals surface area contributed by atoms with E-state index in [4.69, 9.17) is 9.47 Å². The van der Waals surface area contributed by atoms with E-state index < -0.39 is 17.5 Å². The van der Waals surface area contributed by atoms with Crippen LogP contribution < -0.4 is 5.32 Å². The number of nitrogens with one attached hydrogen (secondary N) is 1. The van der Waals surface area contributed by atoms with Crippen LogP contribution in [0, 0.1) is 0 Å². The summed E-state index contributed by atoms with van der Waals surface area (Å²) in [5.74, 6) is -1.40. The topological polar surface area (TPSA) is 81.7 Å². The molecule has 6 nitrogen and oxygen atoms in total. The van der Waals surface area contributed by atoms with Gasteiger partial charge < -0.3 is 14.8 Å². The Kier molecular flexibility index (Phi) is 5.89. The number of ether oxygens (including phenoxy) is 2. The van der Waals surface area contributed by atoms with Crippen LogP contribution in [0.3, 0.4) is 0 Å². The first-order valence-electron chi connectivity index (χ1n) is 9.03. The van der Waals surface area contributed by atoms with Crippen molar-refractivity contribution in [2.75, 3.05) is 6.61 Å². The van der Waals surface area contributed by atoms with Crippen LogP contribution in [0.4, 0.5) is 0 Å². The molecule has 1 aliphatic rings. The average Bonchev–Trinajstić information content (AvgIpc) is 2.97. The Morgan fingerprint density at radius 2 is 1.75 bits per heavy atom. The summed E-state index contributed by atoms with van der Waals surface area (Å²) in [4.78, 5) is 37.3. The third kappa shape index (κ3) is 4.46. The number of benzene rings is 2. The Hall–Kier alpha value is -3.41. The third-order valence-corrected chi connectivity index (χ3v) is 4.39. The van der Waals surface area contributed by atoms with Crippen LogP contribution in [0.15, 0.2) is 72.5 Å². The van der Waals surface area contributed by atoms with Crippen molar-refractivity contribution in [3.8, 4) is 0 Å². The van der Waals surface area contributed by atoms with Crippen molar-refractivity contribution in [3.63, 3.8) is 0 Å². The highest BCUT2D eigenvalue weighted by Gasteiger charge is 2.48. The van der Waals surface area contributed by atoms with E-state index in [0.29, 0.717) is 5.56 Å². The predicted molar refractivity (Wildman–Crippen MR) is 102 cm³/mol. The Labute approximate surface area is 163 Å². The quantitative estimate of drug-likeness (QED) is 0.617. The van der Waals surface area contributed by atoms with Gasteiger partial charge in [0.05, 0.1) is 12.7 Å².